The van der Waals surface area contributed by atoms with E-state index in [0.29, 0.717) is 5.41 Å². The van der Waals surface area contributed by atoms with Crippen molar-refractivity contribution in [1.82, 2.24) is 10.6 Å². The molecule has 78 valence electrons. The third kappa shape index (κ3) is 2.93. The molecule has 2 saturated heterocycles. The van der Waals surface area contributed by atoms with Crippen LogP contribution in [-0.2, 0) is 0 Å². The molecule has 3 nitrogen and oxygen atoms in total. The molecule has 2 rings (SSSR count). The summed E-state index contributed by atoms with van der Waals surface area (Å²) in [5, 5.41) is 6.62. The lowest BCUT2D eigenvalue weighted by Crippen LogP contribution is -2.63. The first-order chi connectivity index (χ1) is 6.22. The van der Waals surface area contributed by atoms with E-state index in [-0.39, 0.29) is 6.17 Å². The molecule has 3 heteroatoms. The highest BCUT2D eigenvalue weighted by molar-refractivity contribution is 4.97. The van der Waals surface area contributed by atoms with E-state index in [2.05, 4.69) is 24.5 Å². The van der Waals surface area contributed by atoms with Crippen molar-refractivity contribution in [3.63, 3.8) is 0 Å². The smallest absolute Gasteiger partial charge is 0.0546 e. The number of hydrogen-bond acceptors (Lipinski definition) is 3. The van der Waals surface area contributed by atoms with Crippen LogP contribution in [0.1, 0.15) is 33.1 Å². The Morgan fingerprint density at radius 2 is 1.92 bits per heavy atom. The lowest BCUT2D eigenvalue weighted by Gasteiger charge is -2.47. The zero-order valence-corrected chi connectivity index (χ0v) is 8.90. The number of hydrogen-bond donors (Lipinski definition) is 3. The highest BCUT2D eigenvalue weighted by Gasteiger charge is 2.39. The second-order valence-electron chi connectivity index (χ2n) is 4.34. The van der Waals surface area contributed by atoms with Crippen LogP contribution in [0.2, 0.25) is 0 Å². The van der Waals surface area contributed by atoms with Gasteiger partial charge in [0.15, 0.2) is 0 Å². The average Bonchev–Trinajstić information content (AvgIpc) is 2.04. The largest absolute Gasteiger partial charge is 0.316 e. The van der Waals surface area contributed by atoms with Gasteiger partial charge in [-0.15, -0.1) is 0 Å². The van der Waals surface area contributed by atoms with Gasteiger partial charge in [-0.3, -0.25) is 0 Å². The molecule has 0 amide bonds. The molecule has 4 N–H and O–H groups in total. The van der Waals surface area contributed by atoms with Crippen LogP contribution < -0.4 is 16.4 Å². The van der Waals surface area contributed by atoms with Gasteiger partial charge in [-0.05, 0) is 12.8 Å². The van der Waals surface area contributed by atoms with Crippen LogP contribution in [0.3, 0.4) is 0 Å². The summed E-state index contributed by atoms with van der Waals surface area (Å²) < 4.78 is 0. The highest BCUT2D eigenvalue weighted by Crippen LogP contribution is 2.30. The molecule has 0 saturated carbocycles. The summed E-state index contributed by atoms with van der Waals surface area (Å²) in [6.45, 7) is 7.74. The van der Waals surface area contributed by atoms with Crippen LogP contribution in [0.25, 0.3) is 0 Å². The predicted octanol–water partition coefficient (Wildman–Crippen LogP) is 0.661. The number of nitrogens with one attached hydrogen (secondary N) is 2. The van der Waals surface area contributed by atoms with Crippen molar-refractivity contribution in [1.29, 1.82) is 0 Å². The summed E-state index contributed by atoms with van der Waals surface area (Å²) in [6, 6.07) is 0. The summed E-state index contributed by atoms with van der Waals surface area (Å²) in [5.41, 5.74) is 6.28. The van der Waals surface area contributed by atoms with E-state index in [9.17, 15) is 0 Å². The van der Waals surface area contributed by atoms with Crippen molar-refractivity contribution >= 4 is 0 Å². The molecule has 0 aromatic heterocycles. The highest BCUT2D eigenvalue weighted by atomic mass is 15.1. The minimum Gasteiger partial charge on any atom is -0.316 e. The van der Waals surface area contributed by atoms with Crippen LogP contribution in [-0.4, -0.2) is 25.8 Å². The molecule has 2 aliphatic rings. The fourth-order valence-corrected chi connectivity index (χ4v) is 1.78. The zero-order chi connectivity index (χ0) is 9.73. The van der Waals surface area contributed by atoms with E-state index >= 15 is 0 Å². The zero-order valence-electron chi connectivity index (χ0n) is 8.90. The summed E-state index contributed by atoms with van der Waals surface area (Å²) in [7, 11) is 0. The Morgan fingerprint density at radius 1 is 1.31 bits per heavy atom. The first-order valence-corrected chi connectivity index (χ1v) is 5.42. The summed E-state index contributed by atoms with van der Waals surface area (Å²) in [4.78, 5) is 0. The molecule has 0 bridgehead atoms. The molecule has 2 heterocycles. The molecule has 1 spiro atoms. The van der Waals surface area contributed by atoms with E-state index in [1.54, 1.807) is 0 Å². The van der Waals surface area contributed by atoms with Gasteiger partial charge >= 0.3 is 0 Å². The SMILES string of the molecule is CCC.NC1CCC2(CNC2)CN1. The molecule has 2 aliphatic heterocycles. The molecule has 1 unspecified atom stereocenters. The monoisotopic (exact) mass is 185 g/mol. The number of nitrogens with two attached hydrogens (primary N) is 1. The van der Waals surface area contributed by atoms with Crippen molar-refractivity contribution in [3.05, 3.63) is 0 Å². The molecule has 0 aliphatic carbocycles. The topological polar surface area (TPSA) is 50.1 Å². The minimum absolute atomic E-state index is 0.256. The maximum absolute atomic E-state index is 5.70. The molecule has 0 aromatic carbocycles. The van der Waals surface area contributed by atoms with E-state index in [1.807, 2.05) is 0 Å². The van der Waals surface area contributed by atoms with Crippen molar-refractivity contribution in [2.24, 2.45) is 11.1 Å². The Kier molecular flexibility index (Phi) is 4.16. The second-order valence-corrected chi connectivity index (χ2v) is 4.34. The van der Waals surface area contributed by atoms with Gasteiger partial charge in [-0.25, -0.2) is 0 Å². The normalized spacial score (nSPS) is 30.2. The van der Waals surface area contributed by atoms with Crippen LogP contribution in [0, 0.1) is 5.41 Å². The van der Waals surface area contributed by atoms with Crippen molar-refractivity contribution in [3.8, 4) is 0 Å². The van der Waals surface area contributed by atoms with Gasteiger partial charge in [-0.1, -0.05) is 20.3 Å². The molecular weight excluding hydrogens is 162 g/mol. The minimum atomic E-state index is 0.256. The second kappa shape index (κ2) is 4.94. The van der Waals surface area contributed by atoms with Crippen molar-refractivity contribution < 1.29 is 0 Å². The number of rotatable bonds is 0. The van der Waals surface area contributed by atoms with Gasteiger partial charge in [0.1, 0.15) is 0 Å². The fraction of sp³-hybridized carbons (Fsp3) is 1.00. The van der Waals surface area contributed by atoms with E-state index in [1.165, 1.54) is 25.9 Å². The Morgan fingerprint density at radius 3 is 2.23 bits per heavy atom. The molecule has 2 fully saturated rings. The van der Waals surface area contributed by atoms with E-state index in [0.717, 1.165) is 13.0 Å². The van der Waals surface area contributed by atoms with Gasteiger partial charge in [-0.2, -0.15) is 0 Å². The molecular formula is C10H23N3. The van der Waals surface area contributed by atoms with Gasteiger partial charge in [0, 0.05) is 25.0 Å². The maximum Gasteiger partial charge on any atom is 0.0546 e. The van der Waals surface area contributed by atoms with Crippen LogP contribution in [0.5, 0.6) is 0 Å². The lowest BCUT2D eigenvalue weighted by molar-refractivity contribution is 0.105. The Bertz CT molecular complexity index is 133. The van der Waals surface area contributed by atoms with E-state index in [4.69, 9.17) is 5.73 Å². The first kappa shape index (κ1) is 11.0. The van der Waals surface area contributed by atoms with Gasteiger partial charge in [0.2, 0.25) is 0 Å². The van der Waals surface area contributed by atoms with Crippen molar-refractivity contribution in [2.75, 3.05) is 19.6 Å². The summed E-state index contributed by atoms with van der Waals surface area (Å²) in [5.74, 6) is 0. The van der Waals surface area contributed by atoms with Crippen LogP contribution in [0.4, 0.5) is 0 Å². The molecule has 0 radical (unpaired) electrons. The third-order valence-electron chi connectivity index (χ3n) is 2.72. The average molecular weight is 185 g/mol. The standard InChI is InChI=1S/C7H15N3.C3H8/c8-6-1-2-7(5-10-6)3-9-4-7;1-3-2/h6,9-10H,1-5,8H2;3H2,1-2H3. The van der Waals surface area contributed by atoms with Crippen molar-refractivity contribution in [2.45, 2.75) is 39.3 Å². The Hall–Kier alpha value is -0.120. The van der Waals surface area contributed by atoms with E-state index < -0.39 is 0 Å². The third-order valence-corrected chi connectivity index (χ3v) is 2.72. The Balaban J connectivity index is 0.000000251. The lowest BCUT2D eigenvalue weighted by atomic mass is 9.75. The van der Waals surface area contributed by atoms with Gasteiger partial charge in [0.05, 0.1) is 6.17 Å². The quantitative estimate of drug-likeness (QED) is 0.519. The van der Waals surface area contributed by atoms with Gasteiger partial charge < -0.3 is 16.4 Å². The molecule has 13 heavy (non-hydrogen) atoms. The van der Waals surface area contributed by atoms with Crippen LogP contribution in [0.15, 0.2) is 0 Å². The number of piperidine rings is 1. The summed E-state index contributed by atoms with van der Waals surface area (Å²) >= 11 is 0. The fourth-order valence-electron chi connectivity index (χ4n) is 1.78. The van der Waals surface area contributed by atoms with Crippen LogP contribution >= 0.6 is 0 Å². The molecule has 0 aromatic rings. The Labute approximate surface area is 81.5 Å². The summed E-state index contributed by atoms with van der Waals surface area (Å²) in [6.07, 6.45) is 3.95. The molecule has 1 atom stereocenters. The first-order valence-electron chi connectivity index (χ1n) is 5.42. The maximum atomic E-state index is 5.70. The predicted molar refractivity (Wildman–Crippen MR) is 56.5 cm³/mol. The van der Waals surface area contributed by atoms with Gasteiger partial charge in [0.25, 0.3) is 0 Å².